The van der Waals surface area contributed by atoms with E-state index in [0.717, 1.165) is 0 Å². The Morgan fingerprint density at radius 1 is 0.962 bits per heavy atom. The normalized spacial score (nSPS) is 13.8. The monoisotopic (exact) mass is 384 g/mol. The summed E-state index contributed by atoms with van der Waals surface area (Å²) in [6.07, 6.45) is 0. The van der Waals surface area contributed by atoms with Crippen LogP contribution in [-0.2, 0) is 0 Å². The Morgan fingerprint density at radius 3 is 2.12 bits per heavy atom. The maximum atomic E-state index is 12.7. The summed E-state index contributed by atoms with van der Waals surface area (Å²) < 4.78 is 0. The zero-order valence-corrected chi connectivity index (χ0v) is 15.3. The molecule has 1 fully saturated rings. The van der Waals surface area contributed by atoms with Gasteiger partial charge in [-0.3, -0.25) is 4.79 Å². The molecule has 7 heteroatoms. The van der Waals surface area contributed by atoms with Gasteiger partial charge < -0.3 is 9.80 Å². The first-order chi connectivity index (χ1) is 12.5. The molecule has 0 spiro atoms. The van der Waals surface area contributed by atoms with E-state index < -0.39 is 0 Å². The summed E-state index contributed by atoms with van der Waals surface area (Å²) in [6, 6.07) is 14.2. The van der Waals surface area contributed by atoms with Crippen molar-refractivity contribution in [2.24, 2.45) is 0 Å². The van der Waals surface area contributed by atoms with Crippen molar-refractivity contribution in [1.82, 2.24) is 4.90 Å². The molecule has 0 unspecified atom stereocenters. The second-order valence-electron chi connectivity index (χ2n) is 5.83. The van der Waals surface area contributed by atoms with Crippen LogP contribution < -0.4 is 4.90 Å². The third-order valence-corrected chi connectivity index (χ3v) is 4.87. The van der Waals surface area contributed by atoms with Crippen LogP contribution in [0.25, 0.3) is 0 Å². The minimum atomic E-state index is -0.152. The van der Waals surface area contributed by atoms with Crippen LogP contribution in [0.2, 0.25) is 10.0 Å². The van der Waals surface area contributed by atoms with Gasteiger partial charge in [-0.15, -0.1) is 0 Å². The number of piperazine rings is 1. The highest BCUT2D eigenvalue weighted by Gasteiger charge is 2.26. The van der Waals surface area contributed by atoms with Crippen LogP contribution in [0.3, 0.4) is 0 Å². The molecule has 1 aliphatic rings. The molecule has 1 saturated heterocycles. The van der Waals surface area contributed by atoms with Gasteiger partial charge in [-0.1, -0.05) is 29.3 Å². The summed E-state index contributed by atoms with van der Waals surface area (Å²) in [7, 11) is 0. The molecule has 3 rings (SSSR count). The van der Waals surface area contributed by atoms with Crippen LogP contribution in [0.5, 0.6) is 0 Å². The fourth-order valence-corrected chi connectivity index (χ4v) is 3.52. The van der Waals surface area contributed by atoms with Crippen LogP contribution in [0.15, 0.2) is 36.4 Å². The van der Waals surface area contributed by atoms with Gasteiger partial charge in [-0.25, -0.2) is 0 Å². The van der Waals surface area contributed by atoms with Crippen LogP contribution in [0.1, 0.15) is 21.5 Å². The van der Waals surface area contributed by atoms with E-state index in [9.17, 15) is 15.3 Å². The van der Waals surface area contributed by atoms with Crippen LogP contribution in [-0.4, -0.2) is 37.0 Å². The maximum Gasteiger partial charge on any atom is 0.255 e. The average Bonchev–Trinajstić information content (AvgIpc) is 2.67. The van der Waals surface area contributed by atoms with Gasteiger partial charge in [-0.05, 0) is 30.3 Å². The topological polar surface area (TPSA) is 71.1 Å². The number of anilines is 1. The number of nitriles is 2. The van der Waals surface area contributed by atoms with Crippen molar-refractivity contribution in [3.05, 3.63) is 63.1 Å². The zero-order chi connectivity index (χ0) is 18.7. The first kappa shape index (κ1) is 18.1. The number of amides is 1. The van der Waals surface area contributed by atoms with E-state index in [4.69, 9.17) is 23.2 Å². The van der Waals surface area contributed by atoms with Gasteiger partial charge in [0.25, 0.3) is 5.91 Å². The Bertz CT molecular complexity index is 905. The Hall–Kier alpha value is -2.73. The molecular weight excluding hydrogens is 371 g/mol. The third-order valence-electron chi connectivity index (χ3n) is 4.32. The first-order valence-corrected chi connectivity index (χ1v) is 8.73. The molecule has 1 aliphatic heterocycles. The van der Waals surface area contributed by atoms with Gasteiger partial charge in [0, 0.05) is 31.2 Å². The Labute approximate surface area is 161 Å². The molecule has 1 heterocycles. The van der Waals surface area contributed by atoms with Crippen molar-refractivity contribution in [1.29, 1.82) is 10.5 Å². The van der Waals surface area contributed by atoms with Gasteiger partial charge >= 0.3 is 0 Å². The largest absolute Gasteiger partial charge is 0.366 e. The number of carbonyl (C=O) groups excluding carboxylic acids is 1. The Morgan fingerprint density at radius 2 is 1.58 bits per heavy atom. The Kier molecular flexibility index (Phi) is 5.32. The van der Waals surface area contributed by atoms with E-state index in [-0.39, 0.29) is 5.91 Å². The second-order valence-corrected chi connectivity index (χ2v) is 6.67. The SMILES string of the molecule is N#Cc1cccc(C#N)c1N1CCN(C(=O)c2ccc(Cl)cc2Cl)CC1. The number of benzene rings is 2. The molecule has 0 aromatic heterocycles. The van der Waals surface area contributed by atoms with Crippen molar-refractivity contribution >= 4 is 34.8 Å². The predicted molar refractivity (Wildman–Crippen MR) is 100 cm³/mol. The number of para-hydroxylation sites is 1. The first-order valence-electron chi connectivity index (χ1n) is 7.97. The highest BCUT2D eigenvalue weighted by molar-refractivity contribution is 6.36. The molecule has 2 aromatic carbocycles. The van der Waals surface area contributed by atoms with Crippen molar-refractivity contribution in [3.63, 3.8) is 0 Å². The molecule has 26 heavy (non-hydrogen) atoms. The van der Waals surface area contributed by atoms with E-state index >= 15 is 0 Å². The fourth-order valence-electron chi connectivity index (χ4n) is 3.03. The summed E-state index contributed by atoms with van der Waals surface area (Å²) in [4.78, 5) is 16.4. The molecule has 0 radical (unpaired) electrons. The molecular formula is C19H14Cl2N4O. The predicted octanol–water partition coefficient (Wildman–Crippen LogP) is 3.70. The summed E-state index contributed by atoms with van der Waals surface area (Å²) in [5.41, 5.74) is 1.97. The van der Waals surface area contributed by atoms with Crippen molar-refractivity contribution in [2.45, 2.75) is 0 Å². The third kappa shape index (κ3) is 3.46. The van der Waals surface area contributed by atoms with Gasteiger partial charge in [0.05, 0.1) is 27.4 Å². The number of hydrogen-bond donors (Lipinski definition) is 0. The highest BCUT2D eigenvalue weighted by atomic mass is 35.5. The van der Waals surface area contributed by atoms with Crippen LogP contribution in [0.4, 0.5) is 5.69 Å². The van der Waals surface area contributed by atoms with E-state index in [0.29, 0.717) is 58.6 Å². The van der Waals surface area contributed by atoms with Gasteiger partial charge in [0.2, 0.25) is 0 Å². The molecule has 2 aromatic rings. The molecule has 5 nitrogen and oxygen atoms in total. The van der Waals surface area contributed by atoms with Crippen LogP contribution in [0, 0.1) is 22.7 Å². The standard InChI is InChI=1S/C19H14Cl2N4O/c20-15-4-5-16(17(21)10-15)19(26)25-8-6-24(7-9-25)18-13(11-22)2-1-3-14(18)12-23/h1-5,10H,6-9H2. The number of nitrogens with zero attached hydrogens (tertiary/aromatic N) is 4. The second kappa shape index (κ2) is 7.66. The smallest absolute Gasteiger partial charge is 0.255 e. The van der Waals surface area contributed by atoms with E-state index in [1.807, 2.05) is 4.90 Å². The van der Waals surface area contributed by atoms with Crippen LogP contribution >= 0.6 is 23.2 Å². The van der Waals surface area contributed by atoms with Gasteiger partial charge in [0.15, 0.2) is 0 Å². The molecule has 0 atom stereocenters. The molecule has 0 bridgehead atoms. The molecule has 130 valence electrons. The number of halogens is 2. The van der Waals surface area contributed by atoms with E-state index in [1.54, 1.807) is 41.3 Å². The molecule has 0 aliphatic carbocycles. The highest BCUT2D eigenvalue weighted by Crippen LogP contribution is 2.27. The Balaban J connectivity index is 1.77. The van der Waals surface area contributed by atoms with Gasteiger partial charge in [0.1, 0.15) is 12.1 Å². The maximum absolute atomic E-state index is 12.7. The van der Waals surface area contributed by atoms with Crippen molar-refractivity contribution < 1.29 is 4.79 Å². The van der Waals surface area contributed by atoms with Crippen molar-refractivity contribution in [2.75, 3.05) is 31.1 Å². The molecule has 0 saturated carbocycles. The minimum absolute atomic E-state index is 0.152. The summed E-state index contributed by atoms with van der Waals surface area (Å²) in [5, 5.41) is 19.5. The lowest BCUT2D eigenvalue weighted by Gasteiger charge is -2.37. The summed E-state index contributed by atoms with van der Waals surface area (Å²) in [5.74, 6) is -0.152. The van der Waals surface area contributed by atoms with Crippen molar-refractivity contribution in [3.8, 4) is 12.1 Å². The molecule has 1 amide bonds. The van der Waals surface area contributed by atoms with Gasteiger partial charge in [-0.2, -0.15) is 10.5 Å². The average molecular weight is 385 g/mol. The molecule has 0 N–H and O–H groups in total. The number of rotatable bonds is 2. The lowest BCUT2D eigenvalue weighted by Crippen LogP contribution is -2.49. The lowest BCUT2D eigenvalue weighted by molar-refractivity contribution is 0.0747. The van der Waals surface area contributed by atoms with E-state index in [2.05, 4.69) is 12.1 Å². The minimum Gasteiger partial charge on any atom is -0.366 e. The summed E-state index contributed by atoms with van der Waals surface area (Å²) >= 11 is 12.0. The summed E-state index contributed by atoms with van der Waals surface area (Å²) in [6.45, 7) is 2.01. The fraction of sp³-hybridized carbons (Fsp3) is 0.211. The lowest BCUT2D eigenvalue weighted by atomic mass is 10.1. The quantitative estimate of drug-likeness (QED) is 0.791. The zero-order valence-electron chi connectivity index (χ0n) is 13.7. The number of hydrogen-bond acceptors (Lipinski definition) is 4. The number of carbonyl (C=O) groups is 1. The van der Waals surface area contributed by atoms with E-state index in [1.165, 1.54) is 0 Å².